The van der Waals surface area contributed by atoms with Crippen LogP contribution in [0.4, 0.5) is 0 Å². The molecule has 1 heterocycles. The van der Waals surface area contributed by atoms with E-state index < -0.39 is 0 Å². The predicted molar refractivity (Wildman–Crippen MR) is 82.4 cm³/mol. The number of nitrogens with zero attached hydrogens (tertiary/aromatic N) is 2. The predicted octanol–water partition coefficient (Wildman–Crippen LogP) is 3.86. The summed E-state index contributed by atoms with van der Waals surface area (Å²) in [5.41, 5.74) is 1.92. The molecule has 0 bridgehead atoms. The third-order valence-electron chi connectivity index (χ3n) is 3.01. The molecule has 0 spiro atoms. The van der Waals surface area contributed by atoms with Crippen LogP contribution in [0.15, 0.2) is 24.3 Å². The SMILES string of the molecule is COCc1nc(COc2cccc(C(C)C)c2)sc1C#N. The molecule has 5 heteroatoms. The van der Waals surface area contributed by atoms with Gasteiger partial charge in [-0.2, -0.15) is 5.26 Å². The van der Waals surface area contributed by atoms with Crippen LogP contribution < -0.4 is 4.74 Å². The van der Waals surface area contributed by atoms with Gasteiger partial charge in [-0.05, 0) is 23.6 Å². The number of thiazole rings is 1. The van der Waals surface area contributed by atoms with E-state index in [4.69, 9.17) is 14.7 Å². The Kier molecular flexibility index (Phi) is 5.32. The Morgan fingerprint density at radius 1 is 1.33 bits per heavy atom. The van der Waals surface area contributed by atoms with Crippen molar-refractivity contribution < 1.29 is 9.47 Å². The van der Waals surface area contributed by atoms with Gasteiger partial charge in [-0.1, -0.05) is 26.0 Å². The van der Waals surface area contributed by atoms with Crippen molar-refractivity contribution in [2.24, 2.45) is 0 Å². The van der Waals surface area contributed by atoms with Gasteiger partial charge in [0.15, 0.2) is 0 Å². The zero-order chi connectivity index (χ0) is 15.2. The topological polar surface area (TPSA) is 55.1 Å². The number of benzene rings is 1. The molecule has 0 atom stereocenters. The lowest BCUT2D eigenvalue weighted by Crippen LogP contribution is -1.97. The van der Waals surface area contributed by atoms with Crippen molar-refractivity contribution in [3.8, 4) is 11.8 Å². The highest BCUT2D eigenvalue weighted by Crippen LogP contribution is 2.23. The highest BCUT2D eigenvalue weighted by Gasteiger charge is 2.11. The largest absolute Gasteiger partial charge is 0.486 e. The van der Waals surface area contributed by atoms with E-state index in [9.17, 15) is 0 Å². The van der Waals surface area contributed by atoms with Gasteiger partial charge in [-0.25, -0.2) is 4.98 Å². The van der Waals surface area contributed by atoms with Crippen molar-refractivity contribution in [2.75, 3.05) is 7.11 Å². The second-order valence-corrected chi connectivity index (χ2v) is 6.03. The summed E-state index contributed by atoms with van der Waals surface area (Å²) in [7, 11) is 1.59. The maximum atomic E-state index is 9.07. The van der Waals surface area contributed by atoms with E-state index >= 15 is 0 Å². The van der Waals surface area contributed by atoms with Crippen LogP contribution in [0.2, 0.25) is 0 Å². The molecule has 0 fully saturated rings. The van der Waals surface area contributed by atoms with E-state index in [2.05, 4.69) is 31.0 Å². The van der Waals surface area contributed by atoms with Gasteiger partial charge in [0, 0.05) is 7.11 Å². The van der Waals surface area contributed by atoms with Gasteiger partial charge in [0.05, 0.1) is 12.3 Å². The van der Waals surface area contributed by atoms with Crippen molar-refractivity contribution in [3.05, 3.63) is 45.4 Å². The lowest BCUT2D eigenvalue weighted by atomic mass is 10.0. The molecule has 0 amide bonds. The first-order valence-electron chi connectivity index (χ1n) is 6.74. The summed E-state index contributed by atoms with van der Waals surface area (Å²) in [5, 5.41) is 9.85. The average Bonchev–Trinajstić information content (AvgIpc) is 2.88. The van der Waals surface area contributed by atoms with Gasteiger partial charge >= 0.3 is 0 Å². The fraction of sp³-hybridized carbons (Fsp3) is 0.375. The van der Waals surface area contributed by atoms with E-state index in [1.165, 1.54) is 16.9 Å². The van der Waals surface area contributed by atoms with Gasteiger partial charge in [-0.3, -0.25) is 0 Å². The van der Waals surface area contributed by atoms with Crippen molar-refractivity contribution in [1.29, 1.82) is 5.26 Å². The maximum Gasteiger partial charge on any atom is 0.140 e. The van der Waals surface area contributed by atoms with Gasteiger partial charge < -0.3 is 9.47 Å². The average molecular weight is 302 g/mol. The summed E-state index contributed by atoms with van der Waals surface area (Å²) < 4.78 is 10.8. The molecule has 0 N–H and O–H groups in total. The zero-order valence-electron chi connectivity index (χ0n) is 12.4. The van der Waals surface area contributed by atoms with Gasteiger partial charge in [0.2, 0.25) is 0 Å². The molecule has 0 aliphatic carbocycles. The fourth-order valence-electron chi connectivity index (χ4n) is 1.89. The molecule has 0 saturated carbocycles. The molecule has 21 heavy (non-hydrogen) atoms. The molecule has 2 aromatic rings. The maximum absolute atomic E-state index is 9.07. The van der Waals surface area contributed by atoms with Gasteiger partial charge in [0.1, 0.15) is 28.3 Å². The van der Waals surface area contributed by atoms with Crippen LogP contribution in [-0.4, -0.2) is 12.1 Å². The summed E-state index contributed by atoms with van der Waals surface area (Å²) in [6, 6.07) is 10.2. The van der Waals surface area contributed by atoms with Crippen LogP contribution in [0.3, 0.4) is 0 Å². The second-order valence-electron chi connectivity index (χ2n) is 4.94. The summed E-state index contributed by atoms with van der Waals surface area (Å²) >= 11 is 1.35. The second kappa shape index (κ2) is 7.21. The van der Waals surface area contributed by atoms with Crippen LogP contribution in [0.1, 0.15) is 40.9 Å². The third-order valence-corrected chi connectivity index (χ3v) is 3.99. The number of aromatic nitrogens is 1. The van der Waals surface area contributed by atoms with E-state index in [0.29, 0.717) is 29.7 Å². The molecule has 1 aromatic carbocycles. The number of hydrogen-bond acceptors (Lipinski definition) is 5. The summed E-state index contributed by atoms with van der Waals surface area (Å²) in [5.74, 6) is 1.29. The first-order valence-corrected chi connectivity index (χ1v) is 7.56. The number of hydrogen-bond donors (Lipinski definition) is 0. The molecule has 4 nitrogen and oxygen atoms in total. The van der Waals surface area contributed by atoms with Crippen molar-refractivity contribution >= 4 is 11.3 Å². The van der Waals surface area contributed by atoms with Gasteiger partial charge in [0.25, 0.3) is 0 Å². The van der Waals surface area contributed by atoms with Crippen molar-refractivity contribution in [3.63, 3.8) is 0 Å². The Balaban J connectivity index is 2.06. The number of nitriles is 1. The number of ether oxygens (including phenoxy) is 2. The summed E-state index contributed by atoms with van der Waals surface area (Å²) in [6.45, 7) is 5.01. The molecule has 0 radical (unpaired) electrons. The molecule has 0 aliphatic heterocycles. The number of rotatable bonds is 6. The lowest BCUT2D eigenvalue weighted by Gasteiger charge is -2.08. The molecule has 2 rings (SSSR count). The number of methoxy groups -OCH3 is 1. The minimum Gasteiger partial charge on any atom is -0.486 e. The Labute approximate surface area is 129 Å². The first kappa shape index (κ1) is 15.5. The lowest BCUT2D eigenvalue weighted by molar-refractivity contribution is 0.181. The molecule has 0 saturated heterocycles. The van der Waals surface area contributed by atoms with Crippen LogP contribution in [-0.2, 0) is 18.0 Å². The molecule has 0 unspecified atom stereocenters. The smallest absolute Gasteiger partial charge is 0.140 e. The van der Waals surface area contributed by atoms with E-state index in [1.807, 2.05) is 18.2 Å². The van der Waals surface area contributed by atoms with Crippen molar-refractivity contribution in [2.45, 2.75) is 33.0 Å². The minimum atomic E-state index is 0.349. The third kappa shape index (κ3) is 4.03. The van der Waals surface area contributed by atoms with Crippen molar-refractivity contribution in [1.82, 2.24) is 4.98 Å². The summed E-state index contributed by atoms with van der Waals surface area (Å²) in [6.07, 6.45) is 0. The molecule has 110 valence electrons. The highest BCUT2D eigenvalue weighted by molar-refractivity contribution is 7.12. The Morgan fingerprint density at radius 2 is 2.14 bits per heavy atom. The monoisotopic (exact) mass is 302 g/mol. The fourth-order valence-corrected chi connectivity index (χ4v) is 2.67. The minimum absolute atomic E-state index is 0.349. The Morgan fingerprint density at radius 3 is 2.81 bits per heavy atom. The van der Waals surface area contributed by atoms with Gasteiger partial charge in [-0.15, -0.1) is 11.3 Å². The molecule has 1 aromatic heterocycles. The van der Waals surface area contributed by atoms with Crippen LogP contribution in [0.25, 0.3) is 0 Å². The quantitative estimate of drug-likeness (QED) is 0.813. The Bertz CT molecular complexity index is 644. The van der Waals surface area contributed by atoms with Crippen LogP contribution in [0.5, 0.6) is 5.75 Å². The first-order chi connectivity index (χ1) is 10.1. The van der Waals surface area contributed by atoms with E-state index in [-0.39, 0.29) is 0 Å². The normalized spacial score (nSPS) is 10.6. The highest BCUT2D eigenvalue weighted by atomic mass is 32.1. The molecular weight excluding hydrogens is 284 g/mol. The molecular formula is C16H18N2O2S. The van der Waals surface area contributed by atoms with Crippen LogP contribution >= 0.6 is 11.3 Å². The standard InChI is InChI=1S/C16H18N2O2S/c1-11(2)12-5-4-6-13(7-12)20-10-16-18-14(9-19-3)15(8-17)21-16/h4-7,11H,9-10H2,1-3H3. The van der Waals surface area contributed by atoms with E-state index in [0.717, 1.165) is 10.8 Å². The zero-order valence-corrected chi connectivity index (χ0v) is 13.2. The molecule has 0 aliphatic rings. The van der Waals surface area contributed by atoms with Crippen LogP contribution in [0, 0.1) is 11.3 Å². The Hall–Kier alpha value is -1.90. The van der Waals surface area contributed by atoms with E-state index in [1.54, 1.807) is 7.11 Å². The summed E-state index contributed by atoms with van der Waals surface area (Å²) in [4.78, 5) is 4.98.